The highest BCUT2D eigenvalue weighted by atomic mass is 32.1. The van der Waals surface area contributed by atoms with Crippen LogP contribution < -0.4 is 15.4 Å². The van der Waals surface area contributed by atoms with Crippen molar-refractivity contribution in [2.45, 2.75) is 25.4 Å². The van der Waals surface area contributed by atoms with E-state index >= 15 is 0 Å². The van der Waals surface area contributed by atoms with Gasteiger partial charge in [-0.2, -0.15) is 0 Å². The van der Waals surface area contributed by atoms with Crippen LogP contribution in [0.5, 0.6) is 5.75 Å². The number of hydrogen-bond acceptors (Lipinski definition) is 5. The number of para-hydroxylation sites is 2. The Morgan fingerprint density at radius 3 is 2.68 bits per heavy atom. The number of methoxy groups -OCH3 is 1. The second-order valence-electron chi connectivity index (χ2n) is 8.76. The number of carbonyl (C=O) groups excluding carboxylic acids is 1. The van der Waals surface area contributed by atoms with E-state index in [9.17, 15) is 4.79 Å². The topological polar surface area (TPSA) is 84.3 Å². The third kappa shape index (κ3) is 5.03. The van der Waals surface area contributed by atoms with Gasteiger partial charge in [-0.05, 0) is 67.7 Å². The van der Waals surface area contributed by atoms with E-state index in [0.29, 0.717) is 23.1 Å². The minimum Gasteiger partial charge on any atom is -0.495 e. The SMILES string of the molecule is COc1ccccc1NC(=O)CCN1C(=S)N[C@@H](c2ccccn2)[C@H]1c1ccc(C)n1-c1cccnc1. The zero-order valence-corrected chi connectivity index (χ0v) is 21.5. The molecule has 1 aromatic carbocycles. The van der Waals surface area contributed by atoms with Gasteiger partial charge in [0.25, 0.3) is 0 Å². The lowest BCUT2D eigenvalue weighted by atomic mass is 10.0. The number of aromatic nitrogens is 3. The van der Waals surface area contributed by atoms with Gasteiger partial charge in [-0.25, -0.2) is 0 Å². The number of rotatable bonds is 8. The van der Waals surface area contributed by atoms with Crippen LogP contribution in [0.1, 0.15) is 35.6 Å². The van der Waals surface area contributed by atoms with Crippen molar-refractivity contribution in [3.05, 3.63) is 102 Å². The summed E-state index contributed by atoms with van der Waals surface area (Å²) >= 11 is 5.80. The summed E-state index contributed by atoms with van der Waals surface area (Å²) in [6.07, 6.45) is 5.64. The molecule has 0 saturated carbocycles. The van der Waals surface area contributed by atoms with Gasteiger partial charge >= 0.3 is 0 Å². The quantitative estimate of drug-likeness (QED) is 0.334. The van der Waals surface area contributed by atoms with Gasteiger partial charge in [0.1, 0.15) is 5.75 Å². The molecule has 3 aromatic heterocycles. The van der Waals surface area contributed by atoms with Crippen LogP contribution in [0.25, 0.3) is 5.69 Å². The molecule has 37 heavy (non-hydrogen) atoms. The van der Waals surface area contributed by atoms with Gasteiger partial charge in [-0.15, -0.1) is 0 Å². The Labute approximate surface area is 221 Å². The molecule has 1 amide bonds. The Bertz CT molecular complexity index is 1390. The summed E-state index contributed by atoms with van der Waals surface area (Å²) in [5.41, 5.74) is 4.60. The summed E-state index contributed by atoms with van der Waals surface area (Å²) in [6, 6.07) is 21.0. The van der Waals surface area contributed by atoms with Crippen molar-refractivity contribution in [2.24, 2.45) is 0 Å². The van der Waals surface area contributed by atoms with Crippen LogP contribution in [-0.4, -0.2) is 44.1 Å². The molecule has 8 nitrogen and oxygen atoms in total. The van der Waals surface area contributed by atoms with Gasteiger partial charge in [0, 0.05) is 36.7 Å². The number of carbonyl (C=O) groups is 1. The second-order valence-corrected chi connectivity index (χ2v) is 9.15. The minimum atomic E-state index is -0.185. The van der Waals surface area contributed by atoms with E-state index in [4.69, 9.17) is 17.0 Å². The zero-order valence-electron chi connectivity index (χ0n) is 20.7. The van der Waals surface area contributed by atoms with Gasteiger partial charge in [0.15, 0.2) is 5.11 Å². The Hall–Kier alpha value is -4.24. The fourth-order valence-electron chi connectivity index (χ4n) is 4.78. The lowest BCUT2D eigenvalue weighted by Gasteiger charge is -2.29. The maximum atomic E-state index is 12.9. The van der Waals surface area contributed by atoms with E-state index in [0.717, 1.165) is 22.8 Å². The highest BCUT2D eigenvalue weighted by Crippen LogP contribution is 2.40. The summed E-state index contributed by atoms with van der Waals surface area (Å²) in [4.78, 5) is 24.0. The third-order valence-corrected chi connectivity index (χ3v) is 6.82. The van der Waals surface area contributed by atoms with Crippen LogP contribution in [0.2, 0.25) is 0 Å². The van der Waals surface area contributed by atoms with Crippen molar-refractivity contribution in [3.8, 4) is 11.4 Å². The van der Waals surface area contributed by atoms with Crippen LogP contribution in [0.4, 0.5) is 5.69 Å². The van der Waals surface area contributed by atoms with E-state index in [1.807, 2.05) is 60.8 Å². The first-order valence-electron chi connectivity index (χ1n) is 12.1. The number of nitrogens with zero attached hydrogens (tertiary/aromatic N) is 4. The van der Waals surface area contributed by atoms with Gasteiger partial charge in [0.05, 0.1) is 42.5 Å². The monoisotopic (exact) mass is 512 g/mol. The van der Waals surface area contributed by atoms with Crippen LogP contribution in [0.3, 0.4) is 0 Å². The Morgan fingerprint density at radius 1 is 1.08 bits per heavy atom. The molecule has 4 heterocycles. The first kappa shape index (κ1) is 24.5. The molecule has 9 heteroatoms. The number of ether oxygens (including phenoxy) is 1. The maximum Gasteiger partial charge on any atom is 0.226 e. The highest BCUT2D eigenvalue weighted by Gasteiger charge is 2.41. The molecule has 0 unspecified atom stereocenters. The van der Waals surface area contributed by atoms with E-state index < -0.39 is 0 Å². The molecule has 0 bridgehead atoms. The number of anilines is 1. The summed E-state index contributed by atoms with van der Waals surface area (Å²) in [5, 5.41) is 7.01. The Kier molecular flexibility index (Phi) is 7.14. The predicted octanol–water partition coefficient (Wildman–Crippen LogP) is 4.59. The number of pyridine rings is 2. The van der Waals surface area contributed by atoms with Crippen LogP contribution >= 0.6 is 12.2 Å². The number of nitrogens with one attached hydrogen (secondary N) is 2. The van der Waals surface area contributed by atoms with Gasteiger partial charge in [-0.3, -0.25) is 14.8 Å². The molecule has 1 saturated heterocycles. The molecule has 1 aliphatic heterocycles. The number of aryl methyl sites for hydroxylation is 1. The molecule has 2 N–H and O–H groups in total. The van der Waals surface area contributed by atoms with E-state index in [1.54, 1.807) is 19.5 Å². The predicted molar refractivity (Wildman–Crippen MR) is 147 cm³/mol. The number of thiocarbonyl (C=S) groups is 1. The lowest BCUT2D eigenvalue weighted by molar-refractivity contribution is -0.116. The van der Waals surface area contributed by atoms with Gasteiger partial charge < -0.3 is 24.8 Å². The first-order chi connectivity index (χ1) is 18.1. The summed E-state index contributed by atoms with van der Waals surface area (Å²) in [5.74, 6) is 0.498. The molecular formula is C28H28N6O2S. The molecule has 1 aliphatic rings. The molecule has 0 aliphatic carbocycles. The van der Waals surface area contributed by atoms with E-state index in [1.165, 1.54) is 0 Å². The Morgan fingerprint density at radius 2 is 1.92 bits per heavy atom. The molecular weight excluding hydrogens is 484 g/mol. The van der Waals surface area contributed by atoms with Crippen molar-refractivity contribution in [1.29, 1.82) is 0 Å². The fraction of sp³-hybridized carbons (Fsp3) is 0.214. The molecule has 0 spiro atoms. The maximum absolute atomic E-state index is 12.9. The Balaban J connectivity index is 1.46. The smallest absolute Gasteiger partial charge is 0.226 e. The first-order valence-corrected chi connectivity index (χ1v) is 12.5. The van der Waals surface area contributed by atoms with Crippen molar-refractivity contribution >= 4 is 28.9 Å². The molecule has 188 valence electrons. The van der Waals surface area contributed by atoms with Gasteiger partial charge in [-0.1, -0.05) is 18.2 Å². The highest BCUT2D eigenvalue weighted by molar-refractivity contribution is 7.80. The summed E-state index contributed by atoms with van der Waals surface area (Å²) in [6.45, 7) is 2.50. The fourth-order valence-corrected chi connectivity index (χ4v) is 5.11. The van der Waals surface area contributed by atoms with Crippen LogP contribution in [0, 0.1) is 6.92 Å². The number of benzene rings is 1. The van der Waals surface area contributed by atoms with E-state index in [-0.39, 0.29) is 24.4 Å². The van der Waals surface area contributed by atoms with Gasteiger partial charge in [0.2, 0.25) is 5.91 Å². The van der Waals surface area contributed by atoms with Crippen molar-refractivity contribution < 1.29 is 9.53 Å². The summed E-state index contributed by atoms with van der Waals surface area (Å²) in [7, 11) is 1.58. The molecule has 0 radical (unpaired) electrons. The minimum absolute atomic E-state index is 0.119. The molecule has 4 aromatic rings. The number of hydrogen-bond donors (Lipinski definition) is 2. The van der Waals surface area contributed by atoms with Crippen LogP contribution in [-0.2, 0) is 4.79 Å². The molecule has 2 atom stereocenters. The normalized spacial score (nSPS) is 16.9. The van der Waals surface area contributed by atoms with Crippen LogP contribution in [0.15, 0.2) is 85.3 Å². The average molecular weight is 513 g/mol. The largest absolute Gasteiger partial charge is 0.495 e. The zero-order chi connectivity index (χ0) is 25.8. The van der Waals surface area contributed by atoms with Crippen molar-refractivity contribution in [2.75, 3.05) is 19.0 Å². The van der Waals surface area contributed by atoms with Crippen molar-refractivity contribution in [3.63, 3.8) is 0 Å². The average Bonchev–Trinajstić information content (AvgIpc) is 3.47. The number of amides is 1. The van der Waals surface area contributed by atoms with E-state index in [2.05, 4.69) is 49.1 Å². The second kappa shape index (κ2) is 10.8. The molecule has 5 rings (SSSR count). The third-order valence-electron chi connectivity index (χ3n) is 6.47. The lowest BCUT2D eigenvalue weighted by Crippen LogP contribution is -2.33. The standard InChI is InChI=1S/C28H28N6O2S/c1-19-12-13-23(34(19)20-8-7-15-29-18-20)27-26(22-10-5-6-16-30-22)32-28(37)33(27)17-14-25(35)31-21-9-3-4-11-24(21)36-2/h3-13,15-16,18,26-27H,14,17H2,1-2H3,(H,31,35)(H,32,37)/t26-,27+/m0/s1. The molecule has 1 fully saturated rings. The van der Waals surface area contributed by atoms with Crippen molar-refractivity contribution in [1.82, 2.24) is 24.8 Å². The summed E-state index contributed by atoms with van der Waals surface area (Å²) < 4.78 is 7.55.